The van der Waals surface area contributed by atoms with E-state index in [-0.39, 0.29) is 0 Å². The SMILES string of the molecule is CC1CCCC(C(N)C(C)c2ccccc2)C1. The van der Waals surface area contributed by atoms with Gasteiger partial charge in [-0.15, -0.1) is 0 Å². The number of hydrogen-bond donors (Lipinski definition) is 1. The van der Waals surface area contributed by atoms with Gasteiger partial charge in [0.2, 0.25) is 0 Å². The molecule has 0 aromatic heterocycles. The van der Waals surface area contributed by atoms with Gasteiger partial charge in [0.25, 0.3) is 0 Å². The molecule has 0 aliphatic heterocycles. The lowest BCUT2D eigenvalue weighted by atomic mass is 9.74. The Labute approximate surface area is 105 Å². The summed E-state index contributed by atoms with van der Waals surface area (Å²) in [4.78, 5) is 0. The Hall–Kier alpha value is -0.820. The molecule has 94 valence electrons. The number of rotatable bonds is 3. The molecule has 2 N–H and O–H groups in total. The van der Waals surface area contributed by atoms with Gasteiger partial charge in [-0.25, -0.2) is 0 Å². The first-order valence-electron chi connectivity index (χ1n) is 6.99. The molecule has 1 aliphatic carbocycles. The standard InChI is InChI=1S/C16H25N/c1-12-7-6-10-15(11-12)16(17)13(2)14-8-4-3-5-9-14/h3-5,8-9,12-13,15-16H,6-7,10-11,17H2,1-2H3. The van der Waals surface area contributed by atoms with Crippen molar-refractivity contribution < 1.29 is 0 Å². The normalized spacial score (nSPS) is 28.6. The lowest BCUT2D eigenvalue weighted by Gasteiger charge is -2.34. The van der Waals surface area contributed by atoms with E-state index in [0.29, 0.717) is 17.9 Å². The highest BCUT2D eigenvalue weighted by Crippen LogP contribution is 2.34. The number of nitrogens with two attached hydrogens (primary N) is 1. The van der Waals surface area contributed by atoms with Crippen LogP contribution in [0.1, 0.15) is 51.0 Å². The van der Waals surface area contributed by atoms with Gasteiger partial charge in [-0.1, -0.05) is 57.0 Å². The smallest absolute Gasteiger partial charge is 0.0134 e. The molecular weight excluding hydrogens is 206 g/mol. The molecule has 1 nitrogen and oxygen atoms in total. The predicted molar refractivity (Wildman–Crippen MR) is 74.0 cm³/mol. The van der Waals surface area contributed by atoms with Crippen molar-refractivity contribution in [1.29, 1.82) is 0 Å². The van der Waals surface area contributed by atoms with E-state index in [2.05, 4.69) is 44.2 Å². The molecular formula is C16H25N. The van der Waals surface area contributed by atoms with Gasteiger partial charge in [-0.05, 0) is 36.2 Å². The zero-order chi connectivity index (χ0) is 12.3. The van der Waals surface area contributed by atoms with E-state index in [1.54, 1.807) is 0 Å². The molecule has 17 heavy (non-hydrogen) atoms. The third-order valence-corrected chi connectivity index (χ3v) is 4.42. The van der Waals surface area contributed by atoms with Gasteiger partial charge in [-0.3, -0.25) is 0 Å². The summed E-state index contributed by atoms with van der Waals surface area (Å²) in [5, 5.41) is 0. The highest BCUT2D eigenvalue weighted by molar-refractivity contribution is 5.20. The molecule has 1 saturated carbocycles. The van der Waals surface area contributed by atoms with E-state index in [4.69, 9.17) is 5.73 Å². The van der Waals surface area contributed by atoms with Gasteiger partial charge in [0, 0.05) is 6.04 Å². The van der Waals surface area contributed by atoms with Crippen molar-refractivity contribution in [3.63, 3.8) is 0 Å². The number of benzene rings is 1. The van der Waals surface area contributed by atoms with E-state index >= 15 is 0 Å². The topological polar surface area (TPSA) is 26.0 Å². The molecule has 4 atom stereocenters. The summed E-state index contributed by atoms with van der Waals surface area (Å²) < 4.78 is 0. The van der Waals surface area contributed by atoms with Crippen molar-refractivity contribution in [2.75, 3.05) is 0 Å². The lowest BCUT2D eigenvalue weighted by molar-refractivity contribution is 0.232. The minimum atomic E-state index is 0.320. The van der Waals surface area contributed by atoms with E-state index < -0.39 is 0 Å². The van der Waals surface area contributed by atoms with Gasteiger partial charge < -0.3 is 5.73 Å². The maximum absolute atomic E-state index is 6.49. The highest BCUT2D eigenvalue weighted by Gasteiger charge is 2.28. The summed E-state index contributed by atoms with van der Waals surface area (Å²) >= 11 is 0. The highest BCUT2D eigenvalue weighted by atomic mass is 14.7. The van der Waals surface area contributed by atoms with Crippen LogP contribution in [-0.2, 0) is 0 Å². The first-order valence-corrected chi connectivity index (χ1v) is 6.99. The van der Waals surface area contributed by atoms with Crippen molar-refractivity contribution in [3.8, 4) is 0 Å². The van der Waals surface area contributed by atoms with Crippen LogP contribution in [0.25, 0.3) is 0 Å². The summed E-state index contributed by atoms with van der Waals surface area (Å²) in [6.07, 6.45) is 5.39. The molecule has 2 rings (SSSR count). The Morgan fingerprint density at radius 1 is 1.18 bits per heavy atom. The van der Waals surface area contributed by atoms with Crippen LogP contribution in [0.15, 0.2) is 30.3 Å². The summed E-state index contributed by atoms with van der Waals surface area (Å²) in [6, 6.07) is 11.0. The van der Waals surface area contributed by atoms with Crippen LogP contribution >= 0.6 is 0 Å². The van der Waals surface area contributed by atoms with Crippen molar-refractivity contribution >= 4 is 0 Å². The first-order chi connectivity index (χ1) is 8.18. The van der Waals surface area contributed by atoms with Crippen LogP contribution < -0.4 is 5.73 Å². The van der Waals surface area contributed by atoms with Gasteiger partial charge in [0.05, 0.1) is 0 Å². The molecule has 0 spiro atoms. The van der Waals surface area contributed by atoms with Crippen LogP contribution in [0.5, 0.6) is 0 Å². The van der Waals surface area contributed by atoms with Crippen molar-refractivity contribution in [1.82, 2.24) is 0 Å². The third-order valence-electron chi connectivity index (χ3n) is 4.42. The average molecular weight is 231 g/mol. The van der Waals surface area contributed by atoms with E-state index in [9.17, 15) is 0 Å². The van der Waals surface area contributed by atoms with Gasteiger partial charge >= 0.3 is 0 Å². The zero-order valence-electron chi connectivity index (χ0n) is 11.1. The molecule has 1 aromatic carbocycles. The molecule has 0 saturated heterocycles. The molecule has 0 heterocycles. The van der Waals surface area contributed by atoms with Gasteiger partial charge in [0.1, 0.15) is 0 Å². The zero-order valence-corrected chi connectivity index (χ0v) is 11.1. The summed E-state index contributed by atoms with van der Waals surface area (Å²) in [5.74, 6) is 2.06. The van der Waals surface area contributed by atoms with Crippen LogP contribution in [-0.4, -0.2) is 6.04 Å². The van der Waals surface area contributed by atoms with Gasteiger partial charge in [-0.2, -0.15) is 0 Å². The Bertz CT molecular complexity index is 333. The largest absolute Gasteiger partial charge is 0.327 e. The van der Waals surface area contributed by atoms with E-state index in [1.165, 1.54) is 31.2 Å². The minimum absolute atomic E-state index is 0.320. The fourth-order valence-corrected chi connectivity index (χ4v) is 3.22. The van der Waals surface area contributed by atoms with Crippen molar-refractivity contribution in [2.45, 2.75) is 51.5 Å². The van der Waals surface area contributed by atoms with E-state index in [0.717, 1.165) is 5.92 Å². The van der Waals surface area contributed by atoms with Gasteiger partial charge in [0.15, 0.2) is 0 Å². The van der Waals surface area contributed by atoms with Crippen LogP contribution in [0, 0.1) is 11.8 Å². The van der Waals surface area contributed by atoms with Crippen molar-refractivity contribution in [3.05, 3.63) is 35.9 Å². The molecule has 0 radical (unpaired) electrons. The second-order valence-electron chi connectivity index (χ2n) is 5.81. The van der Waals surface area contributed by atoms with Crippen LogP contribution in [0.3, 0.4) is 0 Å². The lowest BCUT2D eigenvalue weighted by Crippen LogP contribution is -2.37. The fraction of sp³-hybridized carbons (Fsp3) is 0.625. The Kier molecular flexibility index (Phi) is 4.22. The second kappa shape index (κ2) is 5.68. The Morgan fingerprint density at radius 2 is 1.88 bits per heavy atom. The molecule has 1 heteroatoms. The molecule has 4 unspecified atom stereocenters. The maximum Gasteiger partial charge on any atom is 0.0134 e. The predicted octanol–water partition coefficient (Wildman–Crippen LogP) is 3.94. The molecule has 0 bridgehead atoms. The summed E-state index contributed by atoms with van der Waals surface area (Å²) in [6.45, 7) is 4.64. The minimum Gasteiger partial charge on any atom is -0.327 e. The quantitative estimate of drug-likeness (QED) is 0.837. The molecule has 1 aromatic rings. The van der Waals surface area contributed by atoms with Crippen LogP contribution in [0.4, 0.5) is 0 Å². The fourth-order valence-electron chi connectivity index (χ4n) is 3.22. The summed E-state index contributed by atoms with van der Waals surface area (Å²) in [5.41, 5.74) is 7.87. The Morgan fingerprint density at radius 3 is 2.53 bits per heavy atom. The Balaban J connectivity index is 2.01. The molecule has 0 amide bonds. The second-order valence-corrected chi connectivity index (χ2v) is 5.81. The average Bonchev–Trinajstić information content (AvgIpc) is 2.38. The monoisotopic (exact) mass is 231 g/mol. The van der Waals surface area contributed by atoms with Crippen molar-refractivity contribution in [2.24, 2.45) is 17.6 Å². The third kappa shape index (κ3) is 3.10. The number of hydrogen-bond acceptors (Lipinski definition) is 1. The van der Waals surface area contributed by atoms with Crippen LogP contribution in [0.2, 0.25) is 0 Å². The molecule has 1 fully saturated rings. The first kappa shape index (κ1) is 12.6. The van der Waals surface area contributed by atoms with E-state index in [1.807, 2.05) is 0 Å². The summed E-state index contributed by atoms with van der Waals surface area (Å²) in [7, 11) is 0. The maximum atomic E-state index is 6.49. The molecule has 1 aliphatic rings.